The second-order valence-corrected chi connectivity index (χ2v) is 5.23. The predicted molar refractivity (Wildman–Crippen MR) is 85.8 cm³/mol. The number of hydrogen-bond acceptors (Lipinski definition) is 6. The van der Waals surface area contributed by atoms with Gasteiger partial charge >= 0.3 is 0 Å². The van der Waals surface area contributed by atoms with Crippen LogP contribution in [0.15, 0.2) is 36.7 Å². The van der Waals surface area contributed by atoms with Gasteiger partial charge in [-0.1, -0.05) is 0 Å². The Balaban J connectivity index is 1.67. The first kappa shape index (κ1) is 14.4. The normalized spacial score (nSPS) is 17.4. The van der Waals surface area contributed by atoms with Gasteiger partial charge in [-0.2, -0.15) is 0 Å². The summed E-state index contributed by atoms with van der Waals surface area (Å²) in [6.07, 6.45) is 4.59. The third kappa shape index (κ3) is 3.21. The molecule has 1 atom stereocenters. The molecule has 22 heavy (non-hydrogen) atoms. The Morgan fingerprint density at radius 1 is 1.09 bits per heavy atom. The summed E-state index contributed by atoms with van der Waals surface area (Å²) in [5.41, 5.74) is 0.997. The number of hydrogen-bond donors (Lipinski definition) is 1. The minimum atomic E-state index is 0.348. The Morgan fingerprint density at radius 3 is 2.41 bits per heavy atom. The van der Waals surface area contributed by atoms with Gasteiger partial charge in [-0.3, -0.25) is 0 Å². The van der Waals surface area contributed by atoms with Crippen LogP contribution in [0.2, 0.25) is 0 Å². The molecule has 1 unspecified atom stereocenters. The molecule has 1 aromatic heterocycles. The van der Waals surface area contributed by atoms with Gasteiger partial charge in [0.25, 0.3) is 0 Å². The number of anilines is 2. The third-order valence-electron chi connectivity index (χ3n) is 3.75. The van der Waals surface area contributed by atoms with Crippen molar-refractivity contribution in [3.8, 4) is 11.5 Å². The first-order valence-electron chi connectivity index (χ1n) is 7.30. The maximum atomic E-state index is 5.30. The molecule has 3 rings (SSSR count). The van der Waals surface area contributed by atoms with E-state index >= 15 is 0 Å². The van der Waals surface area contributed by atoms with E-state index in [9.17, 15) is 0 Å². The molecule has 2 heterocycles. The van der Waals surface area contributed by atoms with Crippen LogP contribution in [0, 0.1) is 0 Å². The van der Waals surface area contributed by atoms with Crippen LogP contribution < -0.4 is 19.7 Å². The number of aromatic nitrogens is 2. The molecule has 1 aromatic carbocycles. The molecule has 0 aliphatic carbocycles. The van der Waals surface area contributed by atoms with Crippen molar-refractivity contribution in [3.63, 3.8) is 0 Å². The zero-order valence-electron chi connectivity index (χ0n) is 12.8. The predicted octanol–water partition coefficient (Wildman–Crippen LogP) is 2.18. The van der Waals surface area contributed by atoms with Gasteiger partial charge in [0.05, 0.1) is 14.2 Å². The van der Waals surface area contributed by atoms with Gasteiger partial charge in [0.2, 0.25) is 5.95 Å². The third-order valence-corrected chi connectivity index (χ3v) is 3.75. The Morgan fingerprint density at radius 2 is 1.77 bits per heavy atom. The van der Waals surface area contributed by atoms with Crippen molar-refractivity contribution < 1.29 is 9.47 Å². The summed E-state index contributed by atoms with van der Waals surface area (Å²) in [6, 6.07) is 8.00. The van der Waals surface area contributed by atoms with E-state index in [1.807, 2.05) is 24.3 Å². The minimum Gasteiger partial charge on any atom is -0.497 e. The van der Waals surface area contributed by atoms with Crippen molar-refractivity contribution in [1.29, 1.82) is 0 Å². The molecule has 0 radical (unpaired) electrons. The summed E-state index contributed by atoms with van der Waals surface area (Å²) in [5.74, 6) is 2.35. The number of nitrogens with one attached hydrogen (secondary N) is 1. The van der Waals surface area contributed by atoms with E-state index in [1.165, 1.54) is 0 Å². The number of methoxy groups -OCH3 is 2. The highest BCUT2D eigenvalue weighted by Crippen LogP contribution is 2.27. The first-order valence-corrected chi connectivity index (χ1v) is 7.30. The Labute approximate surface area is 130 Å². The van der Waals surface area contributed by atoms with Crippen LogP contribution in [0.3, 0.4) is 0 Å². The van der Waals surface area contributed by atoms with Crippen molar-refractivity contribution >= 4 is 11.6 Å². The van der Waals surface area contributed by atoms with E-state index in [-0.39, 0.29) is 0 Å². The Kier molecular flexibility index (Phi) is 4.27. The molecule has 2 aromatic rings. The standard InChI is InChI=1S/C16H20N4O2/c1-21-14-8-13(9-15(10-14)22-2)19-12-4-7-20(11-12)16-17-5-3-6-18-16/h3,5-6,8-10,12,19H,4,7,11H2,1-2H3. The van der Waals surface area contributed by atoms with Gasteiger partial charge < -0.3 is 19.7 Å². The molecule has 6 nitrogen and oxygen atoms in total. The fourth-order valence-corrected chi connectivity index (χ4v) is 2.64. The molecule has 1 aliphatic rings. The average molecular weight is 300 g/mol. The lowest BCUT2D eigenvalue weighted by Crippen LogP contribution is -2.27. The van der Waals surface area contributed by atoms with E-state index in [1.54, 1.807) is 26.6 Å². The molecule has 0 saturated carbocycles. The van der Waals surface area contributed by atoms with Crippen molar-refractivity contribution in [2.45, 2.75) is 12.5 Å². The molecular formula is C16H20N4O2. The van der Waals surface area contributed by atoms with E-state index in [4.69, 9.17) is 9.47 Å². The highest BCUT2D eigenvalue weighted by molar-refractivity contribution is 5.55. The highest BCUT2D eigenvalue weighted by Gasteiger charge is 2.24. The van der Waals surface area contributed by atoms with Gasteiger partial charge in [0.1, 0.15) is 11.5 Å². The van der Waals surface area contributed by atoms with E-state index in [0.29, 0.717) is 6.04 Å². The number of nitrogens with zero attached hydrogens (tertiary/aromatic N) is 3. The summed E-state index contributed by atoms with van der Waals surface area (Å²) in [4.78, 5) is 10.8. The van der Waals surface area contributed by atoms with Crippen molar-refractivity contribution in [3.05, 3.63) is 36.7 Å². The van der Waals surface area contributed by atoms with Crippen LogP contribution in [-0.4, -0.2) is 43.3 Å². The van der Waals surface area contributed by atoms with E-state index < -0.39 is 0 Å². The molecule has 0 spiro atoms. The lowest BCUT2D eigenvalue weighted by atomic mass is 10.2. The van der Waals surface area contributed by atoms with Gasteiger partial charge in [-0.25, -0.2) is 9.97 Å². The van der Waals surface area contributed by atoms with Gasteiger partial charge in [0.15, 0.2) is 0 Å². The zero-order chi connectivity index (χ0) is 15.4. The van der Waals surface area contributed by atoms with Crippen LogP contribution in [0.1, 0.15) is 6.42 Å². The minimum absolute atomic E-state index is 0.348. The quantitative estimate of drug-likeness (QED) is 0.913. The van der Waals surface area contributed by atoms with E-state index in [0.717, 1.165) is 42.6 Å². The van der Waals surface area contributed by atoms with Crippen molar-refractivity contribution in [2.24, 2.45) is 0 Å². The molecule has 0 bridgehead atoms. The van der Waals surface area contributed by atoms with Crippen LogP contribution >= 0.6 is 0 Å². The number of rotatable bonds is 5. The van der Waals surface area contributed by atoms with Gasteiger partial charge in [-0.05, 0) is 12.5 Å². The second kappa shape index (κ2) is 6.51. The largest absolute Gasteiger partial charge is 0.497 e. The number of ether oxygens (including phenoxy) is 2. The summed E-state index contributed by atoms with van der Waals surface area (Å²) in [5, 5.41) is 3.53. The number of benzene rings is 1. The molecule has 6 heteroatoms. The maximum Gasteiger partial charge on any atom is 0.225 e. The average Bonchev–Trinajstić information content (AvgIpc) is 3.03. The molecule has 1 aliphatic heterocycles. The summed E-state index contributed by atoms with van der Waals surface area (Å²) in [7, 11) is 3.31. The molecule has 1 N–H and O–H groups in total. The van der Waals surface area contributed by atoms with Crippen LogP contribution in [-0.2, 0) is 0 Å². The summed E-state index contributed by atoms with van der Waals surface area (Å²) in [6.45, 7) is 1.83. The van der Waals surface area contributed by atoms with Crippen LogP contribution in [0.5, 0.6) is 11.5 Å². The Hall–Kier alpha value is -2.50. The van der Waals surface area contributed by atoms with Crippen LogP contribution in [0.4, 0.5) is 11.6 Å². The van der Waals surface area contributed by atoms with E-state index in [2.05, 4.69) is 20.2 Å². The lowest BCUT2D eigenvalue weighted by molar-refractivity contribution is 0.394. The fraction of sp³-hybridized carbons (Fsp3) is 0.375. The van der Waals surface area contributed by atoms with Crippen LogP contribution in [0.25, 0.3) is 0 Å². The SMILES string of the molecule is COc1cc(NC2CCN(c3ncccn3)C2)cc(OC)c1. The van der Waals surface area contributed by atoms with Crippen molar-refractivity contribution in [2.75, 3.05) is 37.5 Å². The van der Waals surface area contributed by atoms with Gasteiger partial charge in [0, 0.05) is 55.4 Å². The smallest absolute Gasteiger partial charge is 0.225 e. The monoisotopic (exact) mass is 300 g/mol. The second-order valence-electron chi connectivity index (χ2n) is 5.23. The topological polar surface area (TPSA) is 59.5 Å². The maximum absolute atomic E-state index is 5.30. The Bertz CT molecular complexity index is 599. The molecular weight excluding hydrogens is 280 g/mol. The molecule has 1 saturated heterocycles. The summed E-state index contributed by atoms with van der Waals surface area (Å²) >= 11 is 0. The fourth-order valence-electron chi connectivity index (χ4n) is 2.64. The first-order chi connectivity index (χ1) is 10.8. The molecule has 0 amide bonds. The molecule has 116 valence electrons. The van der Waals surface area contributed by atoms with Crippen molar-refractivity contribution in [1.82, 2.24) is 9.97 Å². The molecule has 1 fully saturated rings. The lowest BCUT2D eigenvalue weighted by Gasteiger charge is -2.18. The zero-order valence-corrected chi connectivity index (χ0v) is 12.8. The highest BCUT2D eigenvalue weighted by atomic mass is 16.5. The van der Waals surface area contributed by atoms with Gasteiger partial charge in [-0.15, -0.1) is 0 Å². The summed E-state index contributed by atoms with van der Waals surface area (Å²) < 4.78 is 10.6.